The van der Waals surface area contributed by atoms with Crippen LogP contribution < -0.4 is 0 Å². The Morgan fingerprint density at radius 3 is 2.80 bits per heavy atom. The molecule has 0 saturated carbocycles. The maximum atomic E-state index is 9.32. The molecule has 98 valence electrons. The Morgan fingerprint density at radius 2 is 2.05 bits per heavy atom. The van der Waals surface area contributed by atoms with Gasteiger partial charge in [-0.3, -0.25) is 4.57 Å². The number of H-pyrrole nitrogens is 1. The number of hydrogen-bond donors (Lipinski definition) is 1. The summed E-state index contributed by atoms with van der Waals surface area (Å²) in [6.45, 7) is 0. The summed E-state index contributed by atoms with van der Waals surface area (Å²) in [5.74, 6) is 0. The molecule has 3 nitrogen and oxygen atoms in total. The Morgan fingerprint density at radius 1 is 1.25 bits per heavy atom. The number of nitrogens with zero attached hydrogens (tertiary/aromatic N) is 2. The molecule has 0 bridgehead atoms. The Bertz CT molecular complexity index is 920. The number of halogens is 2. The summed E-state index contributed by atoms with van der Waals surface area (Å²) in [7, 11) is 0. The molecule has 0 radical (unpaired) electrons. The van der Waals surface area contributed by atoms with E-state index in [0.717, 1.165) is 24.8 Å². The van der Waals surface area contributed by atoms with Crippen LogP contribution in [0.15, 0.2) is 40.9 Å². The van der Waals surface area contributed by atoms with Crippen molar-refractivity contribution < 1.29 is 0 Å². The van der Waals surface area contributed by atoms with Gasteiger partial charge in [-0.25, -0.2) is 0 Å². The Hall–Kier alpha value is -1.17. The highest BCUT2D eigenvalue weighted by molar-refractivity contribution is 14.1. The van der Waals surface area contributed by atoms with Crippen molar-refractivity contribution in [1.82, 2.24) is 9.55 Å². The molecule has 20 heavy (non-hydrogen) atoms. The molecule has 0 unspecified atom stereocenters. The van der Waals surface area contributed by atoms with Crippen LogP contribution in [0.1, 0.15) is 5.56 Å². The highest BCUT2D eigenvalue weighted by atomic mass is 127. The lowest BCUT2D eigenvalue weighted by atomic mass is 10.2. The van der Waals surface area contributed by atoms with E-state index >= 15 is 0 Å². The van der Waals surface area contributed by atoms with Crippen LogP contribution in [0.5, 0.6) is 0 Å². The van der Waals surface area contributed by atoms with Crippen LogP contribution >= 0.6 is 50.7 Å². The zero-order valence-corrected chi connectivity index (χ0v) is 14.6. The molecule has 1 heterocycles. The van der Waals surface area contributed by atoms with E-state index in [2.05, 4.69) is 49.6 Å². The number of hydrogen-bond acceptors (Lipinski definition) is 2. The predicted molar refractivity (Wildman–Crippen MR) is 93.6 cm³/mol. The molecule has 0 aliphatic carbocycles. The second-order valence-electron chi connectivity index (χ2n) is 4.20. The fourth-order valence-electron chi connectivity index (χ4n) is 2.12. The molecule has 2 aromatic carbocycles. The van der Waals surface area contributed by atoms with Gasteiger partial charge in [-0.15, -0.1) is 0 Å². The summed E-state index contributed by atoms with van der Waals surface area (Å²) in [5.41, 5.74) is 3.30. The Labute approximate surface area is 142 Å². The second-order valence-corrected chi connectivity index (χ2v) is 6.75. The molecule has 0 atom stereocenters. The van der Waals surface area contributed by atoms with Crippen molar-refractivity contribution in [3.8, 4) is 11.8 Å². The van der Waals surface area contributed by atoms with E-state index in [9.17, 15) is 5.26 Å². The molecular weight excluding hydrogens is 449 g/mol. The van der Waals surface area contributed by atoms with E-state index in [1.54, 1.807) is 6.07 Å². The van der Waals surface area contributed by atoms with Gasteiger partial charge in [0, 0.05) is 8.04 Å². The van der Waals surface area contributed by atoms with Crippen LogP contribution in [0.2, 0.25) is 0 Å². The van der Waals surface area contributed by atoms with Crippen molar-refractivity contribution in [2.24, 2.45) is 0 Å². The molecule has 0 spiro atoms. The summed E-state index contributed by atoms with van der Waals surface area (Å²) in [6, 6.07) is 13.9. The van der Waals surface area contributed by atoms with Gasteiger partial charge in [-0.05, 0) is 71.2 Å². The van der Waals surface area contributed by atoms with Gasteiger partial charge in [-0.1, -0.05) is 15.9 Å². The molecule has 3 rings (SSSR count). The number of aromatic nitrogens is 2. The van der Waals surface area contributed by atoms with E-state index in [-0.39, 0.29) is 0 Å². The van der Waals surface area contributed by atoms with Gasteiger partial charge in [0.15, 0.2) is 4.77 Å². The summed E-state index contributed by atoms with van der Waals surface area (Å²) in [4.78, 5) is 3.18. The summed E-state index contributed by atoms with van der Waals surface area (Å²) >= 11 is 11.0. The molecule has 1 aromatic heterocycles. The molecule has 1 N–H and O–H groups in total. The van der Waals surface area contributed by atoms with E-state index in [0.29, 0.717) is 10.3 Å². The zero-order chi connectivity index (χ0) is 14.3. The SMILES string of the molecule is N#Cc1cc(Br)ccc1-n1c(=S)[nH]c2cc(I)ccc21. The van der Waals surface area contributed by atoms with Gasteiger partial charge in [0.1, 0.15) is 6.07 Å². The van der Waals surface area contributed by atoms with Crippen molar-refractivity contribution in [3.05, 3.63) is 54.8 Å². The third-order valence-electron chi connectivity index (χ3n) is 2.96. The number of imidazole rings is 1. The van der Waals surface area contributed by atoms with Crippen LogP contribution in [-0.4, -0.2) is 9.55 Å². The minimum atomic E-state index is 0.579. The fraction of sp³-hybridized carbons (Fsp3) is 0. The van der Waals surface area contributed by atoms with Crippen LogP contribution in [0.25, 0.3) is 16.7 Å². The van der Waals surface area contributed by atoms with Gasteiger partial charge < -0.3 is 4.98 Å². The Kier molecular flexibility index (Phi) is 3.67. The first kappa shape index (κ1) is 13.8. The molecule has 3 aromatic rings. The molecule has 0 amide bonds. The maximum Gasteiger partial charge on any atom is 0.182 e. The maximum absolute atomic E-state index is 9.32. The van der Waals surface area contributed by atoms with E-state index in [1.165, 1.54) is 0 Å². The quantitative estimate of drug-likeness (QED) is 0.417. The van der Waals surface area contributed by atoms with Gasteiger partial charge in [0.05, 0.1) is 22.3 Å². The number of nitrogens with one attached hydrogen (secondary N) is 1. The summed E-state index contributed by atoms with van der Waals surface area (Å²) < 4.78 is 4.49. The van der Waals surface area contributed by atoms with Crippen molar-refractivity contribution in [2.75, 3.05) is 0 Å². The first-order valence-corrected chi connectivity index (χ1v) is 7.98. The summed E-state index contributed by atoms with van der Waals surface area (Å²) in [5, 5.41) is 9.32. The smallest absolute Gasteiger partial charge is 0.182 e. The van der Waals surface area contributed by atoms with Crippen molar-refractivity contribution in [1.29, 1.82) is 5.26 Å². The molecule has 0 saturated heterocycles. The third kappa shape index (κ3) is 2.30. The molecule has 0 fully saturated rings. The number of benzene rings is 2. The standard InChI is InChI=1S/C14H7BrIN3S/c15-9-1-3-12(8(5-9)7-17)19-13-4-2-10(16)6-11(13)18-14(19)20/h1-6H,(H,18,20). The van der Waals surface area contributed by atoms with Crippen molar-refractivity contribution in [3.63, 3.8) is 0 Å². The topological polar surface area (TPSA) is 44.5 Å². The lowest BCUT2D eigenvalue weighted by molar-refractivity contribution is 1.06. The largest absolute Gasteiger partial charge is 0.330 e. The van der Waals surface area contributed by atoms with Crippen LogP contribution in [0.4, 0.5) is 0 Å². The molecule has 0 aliphatic rings. The average molecular weight is 456 g/mol. The van der Waals surface area contributed by atoms with Crippen molar-refractivity contribution >= 4 is 61.8 Å². The van der Waals surface area contributed by atoms with E-state index in [1.807, 2.05) is 34.9 Å². The van der Waals surface area contributed by atoms with E-state index < -0.39 is 0 Å². The molecule has 0 aliphatic heterocycles. The monoisotopic (exact) mass is 455 g/mol. The molecule has 6 heteroatoms. The molecular formula is C14H7BrIN3S. The average Bonchev–Trinajstić information content (AvgIpc) is 2.73. The van der Waals surface area contributed by atoms with Crippen LogP contribution in [0, 0.1) is 19.7 Å². The fourth-order valence-corrected chi connectivity index (χ4v) is 3.27. The highest BCUT2D eigenvalue weighted by Crippen LogP contribution is 2.25. The zero-order valence-electron chi connectivity index (χ0n) is 10.0. The second kappa shape index (κ2) is 5.31. The lowest BCUT2D eigenvalue weighted by Crippen LogP contribution is -1.97. The minimum Gasteiger partial charge on any atom is -0.330 e. The first-order chi connectivity index (χ1) is 9.60. The number of fused-ring (bicyclic) bond motifs is 1. The van der Waals surface area contributed by atoms with Gasteiger partial charge in [0.25, 0.3) is 0 Å². The van der Waals surface area contributed by atoms with E-state index in [4.69, 9.17) is 12.2 Å². The Balaban J connectivity index is 2.39. The number of aromatic amines is 1. The lowest BCUT2D eigenvalue weighted by Gasteiger charge is -2.07. The van der Waals surface area contributed by atoms with Gasteiger partial charge >= 0.3 is 0 Å². The van der Waals surface area contributed by atoms with Gasteiger partial charge in [0.2, 0.25) is 0 Å². The van der Waals surface area contributed by atoms with Crippen LogP contribution in [-0.2, 0) is 0 Å². The highest BCUT2D eigenvalue weighted by Gasteiger charge is 2.11. The summed E-state index contributed by atoms with van der Waals surface area (Å²) in [6.07, 6.45) is 0. The minimum absolute atomic E-state index is 0.579. The predicted octanol–water partition coefficient (Wildman–Crippen LogP) is 4.93. The number of rotatable bonds is 1. The van der Waals surface area contributed by atoms with Gasteiger partial charge in [-0.2, -0.15) is 5.26 Å². The number of nitriles is 1. The first-order valence-electron chi connectivity index (χ1n) is 5.70. The third-order valence-corrected chi connectivity index (χ3v) is 4.41. The normalized spacial score (nSPS) is 10.7. The van der Waals surface area contributed by atoms with Crippen LogP contribution in [0.3, 0.4) is 0 Å². The van der Waals surface area contributed by atoms with Crippen molar-refractivity contribution in [2.45, 2.75) is 0 Å².